The number of rotatable bonds is 1. The van der Waals surface area contributed by atoms with E-state index in [0.29, 0.717) is 10.7 Å². The van der Waals surface area contributed by atoms with E-state index in [2.05, 4.69) is 15.0 Å². The van der Waals surface area contributed by atoms with Crippen molar-refractivity contribution in [3.05, 3.63) is 39.9 Å². The first-order valence-corrected chi connectivity index (χ1v) is 5.91. The third-order valence-electron chi connectivity index (χ3n) is 2.94. The molecule has 6 nitrogen and oxygen atoms in total. The average molecular weight is 276 g/mol. The fraction of sp³-hybridized carbons (Fsp3) is 0.0833. The van der Waals surface area contributed by atoms with Crippen molar-refractivity contribution in [1.82, 2.24) is 19.5 Å². The second-order valence-corrected chi connectivity index (χ2v) is 4.55. The molecule has 2 heterocycles. The molecule has 19 heavy (non-hydrogen) atoms. The highest BCUT2D eigenvalue weighted by molar-refractivity contribution is 6.32. The van der Waals surface area contributed by atoms with Crippen molar-refractivity contribution in [2.24, 2.45) is 7.05 Å². The van der Waals surface area contributed by atoms with Gasteiger partial charge in [0.1, 0.15) is 0 Å². The van der Waals surface area contributed by atoms with E-state index in [1.54, 1.807) is 13.1 Å². The van der Waals surface area contributed by atoms with Gasteiger partial charge in [0.2, 0.25) is 5.95 Å². The Bertz CT molecular complexity index is 836. The summed E-state index contributed by atoms with van der Waals surface area (Å²) in [4.78, 5) is 22.2. The Morgan fingerprint density at radius 3 is 3.00 bits per heavy atom. The van der Waals surface area contributed by atoms with Crippen LogP contribution >= 0.6 is 11.6 Å². The van der Waals surface area contributed by atoms with Crippen LogP contribution in [0.1, 0.15) is 0 Å². The predicted molar refractivity (Wildman–Crippen MR) is 74.0 cm³/mol. The second-order valence-electron chi connectivity index (χ2n) is 4.15. The number of hydrogen-bond donors (Lipinski definition) is 2. The van der Waals surface area contributed by atoms with Gasteiger partial charge in [0.05, 0.1) is 27.9 Å². The lowest BCUT2D eigenvalue weighted by Gasteiger charge is -2.04. The van der Waals surface area contributed by atoms with Gasteiger partial charge < -0.3 is 10.7 Å². The van der Waals surface area contributed by atoms with Crippen molar-refractivity contribution >= 4 is 28.6 Å². The van der Waals surface area contributed by atoms with Crippen molar-refractivity contribution < 1.29 is 0 Å². The number of imidazole rings is 1. The Morgan fingerprint density at radius 2 is 2.21 bits per heavy atom. The molecule has 3 aromatic rings. The zero-order valence-corrected chi connectivity index (χ0v) is 10.8. The number of aromatic amines is 1. The molecule has 0 bridgehead atoms. The number of benzene rings is 1. The van der Waals surface area contributed by atoms with Gasteiger partial charge >= 0.3 is 5.69 Å². The van der Waals surface area contributed by atoms with Gasteiger partial charge in [-0.2, -0.15) is 0 Å². The van der Waals surface area contributed by atoms with Crippen molar-refractivity contribution in [2.45, 2.75) is 0 Å². The number of aryl methyl sites for hydroxylation is 1. The largest absolute Gasteiger partial charge is 0.368 e. The molecular formula is C12H10ClN5O. The van der Waals surface area contributed by atoms with E-state index in [-0.39, 0.29) is 11.6 Å². The van der Waals surface area contributed by atoms with Crippen LogP contribution in [0.3, 0.4) is 0 Å². The molecule has 0 saturated carbocycles. The van der Waals surface area contributed by atoms with Gasteiger partial charge in [-0.1, -0.05) is 17.7 Å². The molecular weight excluding hydrogens is 266 g/mol. The van der Waals surface area contributed by atoms with Gasteiger partial charge in [-0.15, -0.1) is 0 Å². The van der Waals surface area contributed by atoms with E-state index in [0.717, 1.165) is 16.6 Å². The quantitative estimate of drug-likeness (QED) is 0.705. The van der Waals surface area contributed by atoms with Crippen LogP contribution < -0.4 is 11.4 Å². The SMILES string of the molecule is Cn1c(=O)[nH]c2ccc(-c3nc(N)ncc3Cl)cc21. The summed E-state index contributed by atoms with van der Waals surface area (Å²) < 4.78 is 1.53. The third-order valence-corrected chi connectivity index (χ3v) is 3.22. The van der Waals surface area contributed by atoms with Crippen molar-refractivity contribution in [2.75, 3.05) is 5.73 Å². The molecule has 0 aliphatic heterocycles. The fourth-order valence-corrected chi connectivity index (χ4v) is 2.15. The van der Waals surface area contributed by atoms with Crippen LogP contribution in [0.2, 0.25) is 5.02 Å². The first-order chi connectivity index (χ1) is 9.06. The summed E-state index contributed by atoms with van der Waals surface area (Å²) in [5.41, 5.74) is 8.26. The Kier molecular flexibility index (Phi) is 2.53. The Morgan fingerprint density at radius 1 is 1.42 bits per heavy atom. The summed E-state index contributed by atoms with van der Waals surface area (Å²) in [6.07, 6.45) is 1.46. The molecule has 0 amide bonds. The fourth-order valence-electron chi connectivity index (χ4n) is 1.95. The molecule has 0 aliphatic carbocycles. The lowest BCUT2D eigenvalue weighted by atomic mass is 10.1. The maximum absolute atomic E-state index is 11.5. The van der Waals surface area contributed by atoms with Gasteiger partial charge in [0.25, 0.3) is 0 Å². The number of aromatic nitrogens is 4. The minimum atomic E-state index is -0.166. The minimum Gasteiger partial charge on any atom is -0.368 e. The summed E-state index contributed by atoms with van der Waals surface area (Å²) in [7, 11) is 1.70. The number of nitrogens with one attached hydrogen (secondary N) is 1. The Hall–Kier alpha value is -2.34. The van der Waals surface area contributed by atoms with Crippen LogP contribution in [0, 0.1) is 0 Å². The number of halogens is 1. The highest BCUT2D eigenvalue weighted by atomic mass is 35.5. The zero-order valence-electron chi connectivity index (χ0n) is 10.0. The molecule has 0 unspecified atom stereocenters. The van der Waals surface area contributed by atoms with E-state index in [9.17, 15) is 4.79 Å². The molecule has 0 radical (unpaired) electrons. The van der Waals surface area contributed by atoms with Gasteiger partial charge in [0.15, 0.2) is 0 Å². The van der Waals surface area contributed by atoms with Crippen molar-refractivity contribution in [3.8, 4) is 11.3 Å². The number of fused-ring (bicyclic) bond motifs is 1. The standard InChI is InChI=1S/C12H10ClN5O/c1-18-9-4-6(2-3-8(9)16-12(18)19)10-7(13)5-15-11(14)17-10/h2-5H,1H3,(H,16,19)(H2,14,15,17). The summed E-state index contributed by atoms with van der Waals surface area (Å²) in [5, 5.41) is 0.411. The second kappa shape index (κ2) is 4.10. The number of nitrogens with two attached hydrogens (primary N) is 1. The van der Waals surface area contributed by atoms with Crippen molar-refractivity contribution in [1.29, 1.82) is 0 Å². The predicted octanol–water partition coefficient (Wildman–Crippen LogP) is 1.56. The number of nitrogen functional groups attached to an aromatic ring is 1. The summed E-state index contributed by atoms with van der Waals surface area (Å²) in [6, 6.07) is 5.47. The topological polar surface area (TPSA) is 89.6 Å². The molecule has 3 N–H and O–H groups in total. The summed E-state index contributed by atoms with van der Waals surface area (Å²) in [6.45, 7) is 0. The lowest BCUT2D eigenvalue weighted by Crippen LogP contribution is -2.11. The van der Waals surface area contributed by atoms with Crippen LogP contribution in [0.25, 0.3) is 22.3 Å². The number of anilines is 1. The van der Waals surface area contributed by atoms with Crippen LogP contribution in [-0.4, -0.2) is 19.5 Å². The van der Waals surface area contributed by atoms with Gasteiger partial charge in [-0.3, -0.25) is 4.57 Å². The lowest BCUT2D eigenvalue weighted by molar-refractivity contribution is 0.891. The highest BCUT2D eigenvalue weighted by Crippen LogP contribution is 2.27. The molecule has 0 spiro atoms. The van der Waals surface area contributed by atoms with E-state index in [1.807, 2.05) is 12.1 Å². The summed E-state index contributed by atoms with van der Waals surface area (Å²) in [5.74, 6) is 0.155. The smallest absolute Gasteiger partial charge is 0.326 e. The molecule has 2 aromatic heterocycles. The molecule has 0 saturated heterocycles. The molecule has 0 atom stereocenters. The third kappa shape index (κ3) is 1.86. The molecule has 1 aromatic carbocycles. The number of hydrogen-bond acceptors (Lipinski definition) is 4. The molecule has 3 rings (SSSR count). The summed E-state index contributed by atoms with van der Waals surface area (Å²) >= 11 is 6.07. The van der Waals surface area contributed by atoms with Crippen LogP contribution in [-0.2, 0) is 7.05 Å². The van der Waals surface area contributed by atoms with E-state index >= 15 is 0 Å². The molecule has 96 valence electrons. The average Bonchev–Trinajstić information content (AvgIpc) is 2.68. The Labute approximate surface area is 112 Å². The van der Waals surface area contributed by atoms with Crippen LogP contribution in [0.5, 0.6) is 0 Å². The monoisotopic (exact) mass is 275 g/mol. The Balaban J connectivity index is 2.28. The van der Waals surface area contributed by atoms with E-state index in [1.165, 1.54) is 10.8 Å². The van der Waals surface area contributed by atoms with Crippen LogP contribution in [0.15, 0.2) is 29.2 Å². The van der Waals surface area contributed by atoms with Crippen molar-refractivity contribution in [3.63, 3.8) is 0 Å². The van der Waals surface area contributed by atoms with Gasteiger partial charge in [0, 0.05) is 12.6 Å². The maximum Gasteiger partial charge on any atom is 0.326 e. The van der Waals surface area contributed by atoms with Crippen LogP contribution in [0.4, 0.5) is 5.95 Å². The normalized spacial score (nSPS) is 11.1. The number of H-pyrrole nitrogens is 1. The molecule has 7 heteroatoms. The first-order valence-electron chi connectivity index (χ1n) is 5.53. The van der Waals surface area contributed by atoms with Gasteiger partial charge in [-0.25, -0.2) is 14.8 Å². The first kappa shape index (κ1) is 11.7. The van der Waals surface area contributed by atoms with Gasteiger partial charge in [-0.05, 0) is 12.1 Å². The number of nitrogens with zero attached hydrogens (tertiary/aromatic N) is 3. The van der Waals surface area contributed by atoms with E-state index in [4.69, 9.17) is 17.3 Å². The maximum atomic E-state index is 11.5. The highest BCUT2D eigenvalue weighted by Gasteiger charge is 2.10. The minimum absolute atomic E-state index is 0.155. The zero-order chi connectivity index (χ0) is 13.6. The molecule has 0 aliphatic rings. The molecule has 0 fully saturated rings. The van der Waals surface area contributed by atoms with E-state index < -0.39 is 0 Å².